The summed E-state index contributed by atoms with van der Waals surface area (Å²) in [6.45, 7) is 5.69. The predicted octanol–water partition coefficient (Wildman–Crippen LogP) is 3.74. The minimum Gasteiger partial charge on any atom is -0.497 e. The van der Waals surface area contributed by atoms with Gasteiger partial charge < -0.3 is 14.8 Å². The number of carbonyl (C=O) groups excluding carboxylic acids is 1. The Morgan fingerprint density at radius 2 is 1.63 bits per heavy atom. The molecule has 0 spiro atoms. The quantitative estimate of drug-likeness (QED) is 0.673. The third-order valence-electron chi connectivity index (χ3n) is 4.99. The maximum atomic E-state index is 12.8. The predicted molar refractivity (Wildman–Crippen MR) is 116 cm³/mol. The molecule has 3 aromatic rings. The van der Waals surface area contributed by atoms with Crippen LogP contribution in [0.15, 0.2) is 53.3 Å². The number of aryl methyl sites for hydroxylation is 2. The van der Waals surface area contributed by atoms with E-state index in [9.17, 15) is 9.59 Å². The molecular weight excluding hydrogens is 382 g/mol. The third kappa shape index (κ3) is 4.51. The number of benzene rings is 2. The highest BCUT2D eigenvalue weighted by molar-refractivity contribution is 5.93. The minimum absolute atomic E-state index is 0.353. The lowest BCUT2D eigenvalue weighted by Gasteiger charge is -2.16. The minimum atomic E-state index is -0.818. The number of nitrogens with one attached hydrogen (secondary N) is 1. The molecule has 0 bridgehead atoms. The lowest BCUT2D eigenvalue weighted by Crippen LogP contribution is -2.33. The second kappa shape index (κ2) is 8.82. The molecule has 1 aromatic heterocycles. The summed E-state index contributed by atoms with van der Waals surface area (Å²) in [5, 5.41) is 7.23. The molecule has 7 heteroatoms. The van der Waals surface area contributed by atoms with Gasteiger partial charge in [-0.3, -0.25) is 9.59 Å². The Morgan fingerprint density at radius 1 is 0.967 bits per heavy atom. The number of rotatable bonds is 6. The first-order chi connectivity index (χ1) is 14.3. The van der Waals surface area contributed by atoms with Crippen molar-refractivity contribution in [2.45, 2.75) is 26.8 Å². The number of ether oxygens (including phenoxy) is 2. The summed E-state index contributed by atoms with van der Waals surface area (Å²) in [6, 6.07) is 13.3. The van der Waals surface area contributed by atoms with Crippen LogP contribution in [0, 0.1) is 13.8 Å². The van der Waals surface area contributed by atoms with Crippen LogP contribution in [-0.2, 0) is 4.79 Å². The van der Waals surface area contributed by atoms with Crippen LogP contribution in [0.2, 0.25) is 0 Å². The first-order valence-electron chi connectivity index (χ1n) is 9.54. The monoisotopic (exact) mass is 407 g/mol. The Balaban J connectivity index is 1.89. The number of nitrogens with zero attached hydrogens (tertiary/aromatic N) is 2. The van der Waals surface area contributed by atoms with E-state index < -0.39 is 6.04 Å². The summed E-state index contributed by atoms with van der Waals surface area (Å²) < 4.78 is 11.6. The lowest BCUT2D eigenvalue weighted by molar-refractivity contribution is -0.119. The van der Waals surface area contributed by atoms with E-state index in [0.29, 0.717) is 22.9 Å². The fourth-order valence-electron chi connectivity index (χ4n) is 2.99. The van der Waals surface area contributed by atoms with Gasteiger partial charge in [-0.25, -0.2) is 4.68 Å². The number of carbonyl (C=O) groups is 1. The van der Waals surface area contributed by atoms with E-state index in [-0.39, 0.29) is 11.5 Å². The fraction of sp³-hybridized carbons (Fsp3) is 0.261. The molecule has 7 nitrogen and oxygen atoms in total. The standard InChI is InChI=1S/C23H25N3O4/c1-14-6-7-17(10-15(14)2)21-8-9-22(27)26(25-21)16(3)23(28)24-18-11-19(29-4)13-20(12-18)30-5/h6-13,16H,1-5H3,(H,24,28). The molecule has 0 aliphatic heterocycles. The molecule has 0 aliphatic carbocycles. The van der Waals surface area contributed by atoms with Crippen molar-refractivity contribution >= 4 is 11.6 Å². The van der Waals surface area contributed by atoms with E-state index in [4.69, 9.17) is 9.47 Å². The summed E-state index contributed by atoms with van der Waals surface area (Å²) >= 11 is 0. The van der Waals surface area contributed by atoms with Crippen molar-refractivity contribution in [3.05, 3.63) is 70.0 Å². The van der Waals surface area contributed by atoms with Crippen molar-refractivity contribution in [1.29, 1.82) is 0 Å². The van der Waals surface area contributed by atoms with Crippen LogP contribution in [0.5, 0.6) is 11.5 Å². The van der Waals surface area contributed by atoms with Gasteiger partial charge in [0.05, 0.1) is 19.9 Å². The van der Waals surface area contributed by atoms with Crippen molar-refractivity contribution in [1.82, 2.24) is 9.78 Å². The molecule has 0 aliphatic rings. The number of hydrogen-bond donors (Lipinski definition) is 1. The van der Waals surface area contributed by atoms with Crippen LogP contribution < -0.4 is 20.3 Å². The van der Waals surface area contributed by atoms with E-state index in [0.717, 1.165) is 11.1 Å². The topological polar surface area (TPSA) is 82.5 Å². The van der Waals surface area contributed by atoms with Gasteiger partial charge in [-0.15, -0.1) is 0 Å². The van der Waals surface area contributed by atoms with E-state index >= 15 is 0 Å². The summed E-state index contributed by atoms with van der Waals surface area (Å²) in [5.41, 5.74) is 3.96. The van der Waals surface area contributed by atoms with Gasteiger partial charge in [0.15, 0.2) is 0 Å². The zero-order valence-electron chi connectivity index (χ0n) is 17.7. The van der Waals surface area contributed by atoms with Crippen LogP contribution >= 0.6 is 0 Å². The number of amides is 1. The Hall–Kier alpha value is -3.61. The van der Waals surface area contributed by atoms with Gasteiger partial charge in [-0.2, -0.15) is 5.10 Å². The number of aromatic nitrogens is 2. The summed E-state index contributed by atoms with van der Waals surface area (Å²) in [7, 11) is 3.07. The highest BCUT2D eigenvalue weighted by Crippen LogP contribution is 2.26. The van der Waals surface area contributed by atoms with Gasteiger partial charge in [-0.1, -0.05) is 12.1 Å². The Bertz CT molecular complexity index is 1120. The number of anilines is 1. The first kappa shape index (κ1) is 21.1. The van der Waals surface area contributed by atoms with E-state index in [1.807, 2.05) is 32.0 Å². The molecule has 3 rings (SSSR count). The van der Waals surface area contributed by atoms with Crippen LogP contribution in [-0.4, -0.2) is 29.9 Å². The van der Waals surface area contributed by atoms with Crippen molar-refractivity contribution in [3.63, 3.8) is 0 Å². The van der Waals surface area contributed by atoms with E-state index in [2.05, 4.69) is 10.4 Å². The van der Waals surface area contributed by atoms with Gasteiger partial charge >= 0.3 is 0 Å². The maximum Gasteiger partial charge on any atom is 0.267 e. The van der Waals surface area contributed by atoms with Crippen molar-refractivity contribution in [2.75, 3.05) is 19.5 Å². The van der Waals surface area contributed by atoms with Crippen LogP contribution in [0.1, 0.15) is 24.1 Å². The zero-order valence-corrected chi connectivity index (χ0v) is 17.7. The van der Waals surface area contributed by atoms with Gasteiger partial charge in [0.2, 0.25) is 5.91 Å². The van der Waals surface area contributed by atoms with Crippen molar-refractivity contribution in [2.24, 2.45) is 0 Å². The molecule has 30 heavy (non-hydrogen) atoms. The van der Waals surface area contributed by atoms with Crippen LogP contribution in [0.3, 0.4) is 0 Å². The first-order valence-corrected chi connectivity index (χ1v) is 9.54. The number of methoxy groups -OCH3 is 2. The third-order valence-corrected chi connectivity index (χ3v) is 4.99. The molecule has 156 valence electrons. The zero-order chi connectivity index (χ0) is 21.8. The highest BCUT2D eigenvalue weighted by Gasteiger charge is 2.19. The molecule has 0 fully saturated rings. The van der Waals surface area contributed by atoms with E-state index in [1.54, 1.807) is 31.2 Å². The molecule has 0 saturated heterocycles. The smallest absolute Gasteiger partial charge is 0.267 e. The highest BCUT2D eigenvalue weighted by atomic mass is 16.5. The molecule has 0 saturated carbocycles. The largest absolute Gasteiger partial charge is 0.497 e. The number of hydrogen-bond acceptors (Lipinski definition) is 5. The molecule has 2 aromatic carbocycles. The van der Waals surface area contributed by atoms with Crippen molar-refractivity contribution in [3.8, 4) is 22.8 Å². The average Bonchev–Trinajstić information content (AvgIpc) is 2.75. The van der Waals surface area contributed by atoms with Gasteiger partial charge in [-0.05, 0) is 44.0 Å². The fourth-order valence-corrected chi connectivity index (χ4v) is 2.99. The van der Waals surface area contributed by atoms with Crippen molar-refractivity contribution < 1.29 is 14.3 Å². The normalized spacial score (nSPS) is 11.6. The summed E-state index contributed by atoms with van der Waals surface area (Å²) in [4.78, 5) is 25.2. The van der Waals surface area contributed by atoms with Gasteiger partial charge in [0, 0.05) is 35.5 Å². The Morgan fingerprint density at radius 3 is 2.23 bits per heavy atom. The second-order valence-electron chi connectivity index (χ2n) is 7.07. The molecule has 1 atom stereocenters. The maximum absolute atomic E-state index is 12.8. The van der Waals surface area contributed by atoms with Gasteiger partial charge in [0.1, 0.15) is 17.5 Å². The molecule has 0 radical (unpaired) electrons. The van der Waals surface area contributed by atoms with Crippen LogP contribution in [0.4, 0.5) is 5.69 Å². The molecule has 1 heterocycles. The Labute approximate surface area is 175 Å². The molecule has 1 amide bonds. The van der Waals surface area contributed by atoms with Gasteiger partial charge in [0.25, 0.3) is 5.56 Å². The van der Waals surface area contributed by atoms with E-state index in [1.165, 1.54) is 30.5 Å². The molecular formula is C23H25N3O4. The SMILES string of the molecule is COc1cc(NC(=O)C(C)n2nc(-c3ccc(C)c(C)c3)ccc2=O)cc(OC)c1. The second-order valence-corrected chi connectivity index (χ2v) is 7.07. The molecule has 1 N–H and O–H groups in total. The summed E-state index contributed by atoms with van der Waals surface area (Å²) in [5.74, 6) is 0.714. The average molecular weight is 407 g/mol. The lowest BCUT2D eigenvalue weighted by atomic mass is 10.0. The molecule has 1 unspecified atom stereocenters. The Kier molecular flexibility index (Phi) is 6.20. The van der Waals surface area contributed by atoms with Crippen LogP contribution in [0.25, 0.3) is 11.3 Å². The summed E-state index contributed by atoms with van der Waals surface area (Å²) in [6.07, 6.45) is 0.